The minimum absolute atomic E-state index is 0.0496. The summed E-state index contributed by atoms with van der Waals surface area (Å²) in [5.41, 5.74) is 1.90. The van der Waals surface area contributed by atoms with E-state index in [0.29, 0.717) is 24.3 Å². The second kappa shape index (κ2) is 4.74. The van der Waals surface area contributed by atoms with Crippen LogP contribution in [-0.2, 0) is 0 Å². The van der Waals surface area contributed by atoms with Crippen molar-refractivity contribution in [3.8, 4) is 0 Å². The SMILES string of the molecule is C[C@]1(O)C[C@@H](NC(=O)c2cnc3cc(C4CC4)ncc3c2)C1. The molecule has 4 rings (SSSR count). The minimum Gasteiger partial charge on any atom is -0.390 e. The number of hydrogen-bond donors (Lipinski definition) is 2. The molecule has 2 heterocycles. The summed E-state index contributed by atoms with van der Waals surface area (Å²) in [6.45, 7) is 1.79. The fourth-order valence-electron chi connectivity index (χ4n) is 3.14. The van der Waals surface area contributed by atoms with Crippen LogP contribution < -0.4 is 5.32 Å². The van der Waals surface area contributed by atoms with E-state index in [1.807, 2.05) is 12.1 Å². The molecule has 0 atom stereocenters. The number of rotatable bonds is 3. The largest absolute Gasteiger partial charge is 0.390 e. The van der Waals surface area contributed by atoms with Crippen LogP contribution >= 0.6 is 0 Å². The molecular formula is C17H19N3O2. The number of nitrogens with zero attached hydrogens (tertiary/aromatic N) is 2. The summed E-state index contributed by atoms with van der Waals surface area (Å²) in [6, 6.07) is 3.91. The van der Waals surface area contributed by atoms with E-state index < -0.39 is 5.60 Å². The van der Waals surface area contributed by atoms with Crippen molar-refractivity contribution in [1.29, 1.82) is 0 Å². The lowest BCUT2D eigenvalue weighted by atomic mass is 9.77. The lowest BCUT2D eigenvalue weighted by molar-refractivity contribution is -0.0366. The molecule has 22 heavy (non-hydrogen) atoms. The zero-order valence-electron chi connectivity index (χ0n) is 12.5. The normalized spacial score (nSPS) is 27.5. The van der Waals surface area contributed by atoms with Gasteiger partial charge in [0.25, 0.3) is 5.91 Å². The maximum Gasteiger partial charge on any atom is 0.253 e. The third-order valence-electron chi connectivity index (χ3n) is 4.55. The third-order valence-corrected chi connectivity index (χ3v) is 4.55. The van der Waals surface area contributed by atoms with E-state index in [9.17, 15) is 9.90 Å². The Labute approximate surface area is 128 Å². The molecule has 0 aromatic carbocycles. The fourth-order valence-corrected chi connectivity index (χ4v) is 3.14. The predicted molar refractivity (Wildman–Crippen MR) is 82.6 cm³/mol. The van der Waals surface area contributed by atoms with Crippen molar-refractivity contribution in [2.24, 2.45) is 0 Å². The first kappa shape index (κ1) is 13.6. The van der Waals surface area contributed by atoms with Crippen LogP contribution in [0.4, 0.5) is 0 Å². The highest BCUT2D eigenvalue weighted by molar-refractivity contribution is 5.97. The van der Waals surface area contributed by atoms with E-state index in [-0.39, 0.29) is 11.9 Å². The number of nitrogens with one attached hydrogen (secondary N) is 1. The summed E-state index contributed by atoms with van der Waals surface area (Å²) < 4.78 is 0. The molecule has 2 aromatic heterocycles. The van der Waals surface area contributed by atoms with Gasteiger partial charge < -0.3 is 10.4 Å². The Balaban J connectivity index is 1.52. The van der Waals surface area contributed by atoms with Crippen molar-refractivity contribution >= 4 is 16.8 Å². The van der Waals surface area contributed by atoms with Crippen LogP contribution in [-0.4, -0.2) is 32.6 Å². The van der Waals surface area contributed by atoms with Crippen molar-refractivity contribution in [1.82, 2.24) is 15.3 Å². The van der Waals surface area contributed by atoms with Crippen molar-refractivity contribution in [2.45, 2.75) is 50.2 Å². The van der Waals surface area contributed by atoms with Crippen molar-refractivity contribution < 1.29 is 9.90 Å². The molecule has 1 amide bonds. The number of pyridine rings is 2. The van der Waals surface area contributed by atoms with Crippen LogP contribution in [0.5, 0.6) is 0 Å². The van der Waals surface area contributed by atoms with E-state index in [4.69, 9.17) is 0 Å². The van der Waals surface area contributed by atoms with Crippen molar-refractivity contribution in [3.05, 3.63) is 35.8 Å². The Morgan fingerprint density at radius 2 is 2.05 bits per heavy atom. The zero-order chi connectivity index (χ0) is 15.3. The molecular weight excluding hydrogens is 278 g/mol. The van der Waals surface area contributed by atoms with E-state index in [2.05, 4.69) is 15.3 Å². The van der Waals surface area contributed by atoms with E-state index in [0.717, 1.165) is 16.6 Å². The third kappa shape index (κ3) is 2.57. The van der Waals surface area contributed by atoms with Crippen LogP contribution in [0.2, 0.25) is 0 Å². The number of hydrogen-bond acceptors (Lipinski definition) is 4. The van der Waals surface area contributed by atoms with Gasteiger partial charge in [-0.1, -0.05) is 0 Å². The Kier molecular flexibility index (Phi) is 2.94. The van der Waals surface area contributed by atoms with E-state index in [1.54, 1.807) is 19.3 Å². The lowest BCUT2D eigenvalue weighted by Crippen LogP contribution is -2.53. The summed E-state index contributed by atoms with van der Waals surface area (Å²) in [4.78, 5) is 21.1. The predicted octanol–water partition coefficient (Wildman–Crippen LogP) is 2.15. The second-order valence-corrected chi connectivity index (χ2v) is 6.88. The summed E-state index contributed by atoms with van der Waals surface area (Å²) >= 11 is 0. The van der Waals surface area contributed by atoms with Gasteiger partial charge in [0.05, 0.1) is 16.7 Å². The fraction of sp³-hybridized carbons (Fsp3) is 0.471. The summed E-state index contributed by atoms with van der Waals surface area (Å²) in [7, 11) is 0. The Morgan fingerprint density at radius 1 is 1.27 bits per heavy atom. The lowest BCUT2D eigenvalue weighted by Gasteiger charge is -2.41. The van der Waals surface area contributed by atoms with Gasteiger partial charge in [-0.05, 0) is 44.7 Å². The first-order valence-electron chi connectivity index (χ1n) is 7.79. The van der Waals surface area contributed by atoms with Gasteiger partial charge in [-0.25, -0.2) is 0 Å². The quantitative estimate of drug-likeness (QED) is 0.910. The molecule has 0 radical (unpaired) electrons. The number of carbonyl (C=O) groups excluding carboxylic acids is 1. The first-order valence-corrected chi connectivity index (χ1v) is 7.79. The van der Waals surface area contributed by atoms with Gasteiger partial charge in [-0.15, -0.1) is 0 Å². The van der Waals surface area contributed by atoms with Crippen LogP contribution in [0, 0.1) is 0 Å². The average Bonchev–Trinajstić information content (AvgIpc) is 3.28. The number of aliphatic hydroxyl groups is 1. The summed E-state index contributed by atoms with van der Waals surface area (Å²) in [5.74, 6) is 0.460. The number of fused-ring (bicyclic) bond motifs is 1. The molecule has 2 aromatic rings. The molecule has 5 heteroatoms. The maximum atomic E-state index is 12.2. The molecule has 0 saturated heterocycles. The van der Waals surface area contributed by atoms with Crippen LogP contribution in [0.15, 0.2) is 24.5 Å². The highest BCUT2D eigenvalue weighted by Gasteiger charge is 2.39. The molecule has 2 aliphatic rings. The number of carbonyl (C=O) groups is 1. The van der Waals surface area contributed by atoms with Gasteiger partial charge in [0.15, 0.2) is 0 Å². The average molecular weight is 297 g/mol. The van der Waals surface area contributed by atoms with Crippen molar-refractivity contribution in [2.75, 3.05) is 0 Å². The zero-order valence-corrected chi connectivity index (χ0v) is 12.5. The second-order valence-electron chi connectivity index (χ2n) is 6.88. The molecule has 114 valence electrons. The monoisotopic (exact) mass is 297 g/mol. The first-order chi connectivity index (χ1) is 10.5. The Hall–Kier alpha value is -2.01. The minimum atomic E-state index is -0.636. The summed E-state index contributed by atoms with van der Waals surface area (Å²) in [5, 5.41) is 13.5. The van der Waals surface area contributed by atoms with Crippen LogP contribution in [0.1, 0.15) is 54.6 Å². The molecule has 0 aliphatic heterocycles. The Morgan fingerprint density at radius 3 is 2.73 bits per heavy atom. The molecule has 0 spiro atoms. The molecule has 0 unspecified atom stereocenters. The van der Waals surface area contributed by atoms with Gasteiger partial charge in [0.2, 0.25) is 0 Å². The van der Waals surface area contributed by atoms with Crippen molar-refractivity contribution in [3.63, 3.8) is 0 Å². The van der Waals surface area contributed by atoms with Gasteiger partial charge in [-0.3, -0.25) is 14.8 Å². The van der Waals surface area contributed by atoms with Gasteiger partial charge in [0.1, 0.15) is 0 Å². The molecule has 0 bridgehead atoms. The van der Waals surface area contributed by atoms with Gasteiger partial charge in [0, 0.05) is 35.4 Å². The smallest absolute Gasteiger partial charge is 0.253 e. The van der Waals surface area contributed by atoms with Gasteiger partial charge in [-0.2, -0.15) is 0 Å². The van der Waals surface area contributed by atoms with Gasteiger partial charge >= 0.3 is 0 Å². The molecule has 2 N–H and O–H groups in total. The molecule has 2 fully saturated rings. The maximum absolute atomic E-state index is 12.2. The standard InChI is InChI=1S/C17H19N3O2/c1-17(22)6-13(7-17)20-16(21)12-4-11-8-18-14(10-2-3-10)5-15(11)19-9-12/h4-5,8-10,13,22H,2-3,6-7H2,1H3,(H,20,21)/t13-,17+. The highest BCUT2D eigenvalue weighted by atomic mass is 16.3. The Bertz CT molecular complexity index is 745. The molecule has 2 aliphatic carbocycles. The highest BCUT2D eigenvalue weighted by Crippen LogP contribution is 2.39. The van der Waals surface area contributed by atoms with Crippen LogP contribution in [0.3, 0.4) is 0 Å². The van der Waals surface area contributed by atoms with E-state index in [1.165, 1.54) is 12.8 Å². The molecule has 2 saturated carbocycles. The topological polar surface area (TPSA) is 75.1 Å². The summed E-state index contributed by atoms with van der Waals surface area (Å²) in [6.07, 6.45) is 7.05. The van der Waals surface area contributed by atoms with E-state index >= 15 is 0 Å². The van der Waals surface area contributed by atoms with Crippen LogP contribution in [0.25, 0.3) is 10.9 Å². The number of amides is 1. The number of aromatic nitrogens is 2. The molecule has 5 nitrogen and oxygen atoms in total.